The highest BCUT2D eigenvalue weighted by atomic mass is 32.2. The van der Waals surface area contributed by atoms with Crippen molar-refractivity contribution >= 4 is 16.4 Å². The number of nitrogens with one attached hydrogen (secondary N) is 1. The van der Waals surface area contributed by atoms with Crippen LogP contribution in [0.4, 0.5) is 0 Å². The monoisotopic (exact) mass is 151 g/mol. The van der Waals surface area contributed by atoms with E-state index in [-0.39, 0.29) is 0 Å². The number of nitrogens with two attached hydrogens (primary N) is 1. The molecule has 0 fully saturated rings. The van der Waals surface area contributed by atoms with E-state index in [0.717, 1.165) is 0 Å². The number of hydrogen-bond donors (Lipinski definition) is 2. The van der Waals surface area contributed by atoms with Crippen molar-refractivity contribution in [3.8, 4) is 0 Å². The topological polar surface area (TPSA) is 89.3 Å². The Morgan fingerprint density at radius 2 is 2.11 bits per heavy atom. The van der Waals surface area contributed by atoms with Crippen LogP contribution < -0.4 is 10.5 Å². The van der Waals surface area contributed by atoms with Gasteiger partial charge in [-0.15, -0.1) is 0 Å². The van der Waals surface area contributed by atoms with E-state index in [2.05, 4.69) is 5.14 Å². The van der Waals surface area contributed by atoms with Crippen LogP contribution in [0.25, 0.3) is 0 Å². The second kappa shape index (κ2) is 2.79. The van der Waals surface area contributed by atoms with Gasteiger partial charge in [0.15, 0.2) is 0 Å². The van der Waals surface area contributed by atoms with Gasteiger partial charge in [-0.3, -0.25) is 4.79 Å². The molecular formula is C3H7N2O3S. The molecule has 1 amide bonds. The molecule has 0 aliphatic carbocycles. The smallest absolute Gasteiger partial charge is 0.310 e. The summed E-state index contributed by atoms with van der Waals surface area (Å²) in [7, 11) is -3.64. The molecular weight excluding hydrogens is 144 g/mol. The maximum absolute atomic E-state index is 10.3. The van der Waals surface area contributed by atoms with Gasteiger partial charge in [-0.05, 0) is 6.92 Å². The Bertz CT molecular complexity index is 185. The van der Waals surface area contributed by atoms with Gasteiger partial charge in [-0.2, -0.15) is 0 Å². The Kier molecular flexibility index (Phi) is 2.60. The van der Waals surface area contributed by atoms with Gasteiger partial charge in [0.2, 0.25) is 10.0 Å². The Hall–Kier alpha value is -0.620. The van der Waals surface area contributed by atoms with E-state index in [1.165, 1.54) is 13.3 Å². The van der Waals surface area contributed by atoms with Crippen LogP contribution in [0.1, 0.15) is 6.92 Å². The molecule has 0 aliphatic rings. The molecule has 6 heteroatoms. The van der Waals surface area contributed by atoms with Crippen LogP contribution in [0, 0.1) is 0 Å². The van der Waals surface area contributed by atoms with Gasteiger partial charge in [0.25, 0.3) is 0 Å². The summed E-state index contributed by atoms with van der Waals surface area (Å²) >= 11 is 0. The van der Waals surface area contributed by atoms with E-state index in [4.69, 9.17) is 0 Å². The molecule has 0 aromatic rings. The van der Waals surface area contributed by atoms with Crippen molar-refractivity contribution in [3.63, 3.8) is 0 Å². The molecule has 0 aliphatic heterocycles. The molecule has 0 saturated heterocycles. The first kappa shape index (κ1) is 8.38. The third-order valence-corrected chi connectivity index (χ3v) is 1.86. The molecule has 53 valence electrons. The van der Waals surface area contributed by atoms with Crippen molar-refractivity contribution in [1.82, 2.24) is 5.32 Å². The lowest BCUT2D eigenvalue weighted by Crippen LogP contribution is -2.37. The van der Waals surface area contributed by atoms with E-state index in [9.17, 15) is 13.2 Å². The molecule has 0 saturated carbocycles. The van der Waals surface area contributed by atoms with Crippen molar-refractivity contribution in [1.29, 1.82) is 0 Å². The summed E-state index contributed by atoms with van der Waals surface area (Å²) in [6, 6.07) is 0. The summed E-state index contributed by atoms with van der Waals surface area (Å²) in [5, 5.41) is 5.40. The maximum atomic E-state index is 10.3. The van der Waals surface area contributed by atoms with Crippen molar-refractivity contribution in [3.05, 3.63) is 0 Å². The maximum Gasteiger partial charge on any atom is 0.310 e. The van der Waals surface area contributed by atoms with Gasteiger partial charge in [-0.25, -0.2) is 13.6 Å². The number of sulfonamides is 1. The minimum atomic E-state index is -3.64. The van der Waals surface area contributed by atoms with E-state index in [1.54, 1.807) is 0 Å². The first-order valence-corrected chi connectivity index (χ1v) is 3.73. The molecule has 0 aromatic carbocycles. The molecule has 0 aromatic heterocycles. The zero-order valence-corrected chi connectivity index (χ0v) is 5.60. The van der Waals surface area contributed by atoms with Crippen LogP contribution >= 0.6 is 0 Å². The molecule has 1 radical (unpaired) electrons. The van der Waals surface area contributed by atoms with E-state index in [1.807, 2.05) is 5.32 Å². The largest absolute Gasteiger partial charge is 0.330 e. The number of hydrogen-bond acceptors (Lipinski definition) is 3. The average molecular weight is 151 g/mol. The van der Waals surface area contributed by atoms with Gasteiger partial charge < -0.3 is 5.32 Å². The Morgan fingerprint density at radius 1 is 1.67 bits per heavy atom. The summed E-state index contributed by atoms with van der Waals surface area (Å²) in [6.45, 7) is 1.25. The molecule has 1 atom stereocenters. The van der Waals surface area contributed by atoms with Crippen LogP contribution in [0.3, 0.4) is 0 Å². The highest BCUT2D eigenvalue weighted by molar-refractivity contribution is 7.89. The highest BCUT2D eigenvalue weighted by Crippen LogP contribution is 1.85. The lowest BCUT2D eigenvalue weighted by molar-refractivity contribution is 0.533. The third kappa shape index (κ3) is 3.04. The fourth-order valence-corrected chi connectivity index (χ4v) is 0.377. The standard InChI is InChI=1S/C3H7N2O3S/c1-3(5-2-6)9(4,7)8/h3H,1H3,(H,5,6)(H2,4,7,8). The molecule has 0 rings (SSSR count). The van der Waals surface area contributed by atoms with Crippen molar-refractivity contribution in [2.75, 3.05) is 0 Å². The van der Waals surface area contributed by atoms with Crippen molar-refractivity contribution in [2.45, 2.75) is 12.3 Å². The van der Waals surface area contributed by atoms with Gasteiger partial charge in [0.1, 0.15) is 5.37 Å². The van der Waals surface area contributed by atoms with Crippen LogP contribution in [0.15, 0.2) is 0 Å². The van der Waals surface area contributed by atoms with Gasteiger partial charge >= 0.3 is 6.41 Å². The predicted octanol–water partition coefficient (Wildman–Crippen LogP) is -1.72. The van der Waals surface area contributed by atoms with Crippen molar-refractivity contribution in [2.24, 2.45) is 5.14 Å². The summed E-state index contributed by atoms with van der Waals surface area (Å²) < 4.78 is 20.5. The van der Waals surface area contributed by atoms with Crippen LogP contribution in [0.2, 0.25) is 0 Å². The lowest BCUT2D eigenvalue weighted by Gasteiger charge is -2.03. The molecule has 5 nitrogen and oxygen atoms in total. The zero-order chi connectivity index (χ0) is 7.49. The number of rotatable bonds is 3. The van der Waals surface area contributed by atoms with Crippen molar-refractivity contribution < 1.29 is 13.2 Å². The minimum Gasteiger partial charge on any atom is -0.330 e. The predicted molar refractivity (Wildman–Crippen MR) is 31.4 cm³/mol. The van der Waals surface area contributed by atoms with Gasteiger partial charge in [0.05, 0.1) is 0 Å². The van der Waals surface area contributed by atoms with Gasteiger partial charge in [0, 0.05) is 0 Å². The fourth-order valence-electron chi connectivity index (χ4n) is 0.165. The Labute approximate surface area is 53.3 Å². The second-order valence-corrected chi connectivity index (χ2v) is 3.36. The SMILES string of the molecule is CC(N[C]=O)S(N)(=O)=O. The summed E-state index contributed by atoms with van der Waals surface area (Å²) in [4.78, 5) is 9.51. The lowest BCUT2D eigenvalue weighted by atomic mass is 10.8. The summed E-state index contributed by atoms with van der Waals surface area (Å²) in [5.74, 6) is 0. The number of carbonyl (C=O) groups excluding carboxylic acids is 1. The van der Waals surface area contributed by atoms with E-state index < -0.39 is 15.4 Å². The number of amides is 1. The first-order chi connectivity index (χ1) is 3.98. The number of primary sulfonamides is 1. The summed E-state index contributed by atoms with van der Waals surface area (Å²) in [5.41, 5.74) is 0. The van der Waals surface area contributed by atoms with Gasteiger partial charge in [-0.1, -0.05) is 0 Å². The molecule has 0 spiro atoms. The zero-order valence-electron chi connectivity index (χ0n) is 4.79. The Balaban J connectivity index is 4.05. The second-order valence-electron chi connectivity index (χ2n) is 1.48. The Morgan fingerprint density at radius 3 is 2.22 bits per heavy atom. The fraction of sp³-hybridized carbons (Fsp3) is 0.667. The van der Waals surface area contributed by atoms with Crippen LogP contribution in [-0.4, -0.2) is 20.2 Å². The highest BCUT2D eigenvalue weighted by Gasteiger charge is 2.12. The summed E-state index contributed by atoms with van der Waals surface area (Å²) in [6.07, 6.45) is 1.21. The molecule has 0 bridgehead atoms. The average Bonchev–Trinajstić information content (AvgIpc) is 1.64. The molecule has 1 unspecified atom stereocenters. The normalized spacial score (nSPS) is 14.4. The third-order valence-electron chi connectivity index (χ3n) is 0.755. The molecule has 9 heavy (non-hydrogen) atoms. The quantitative estimate of drug-likeness (QED) is 0.470. The van der Waals surface area contributed by atoms with E-state index in [0.29, 0.717) is 0 Å². The van der Waals surface area contributed by atoms with Crippen LogP contribution in [-0.2, 0) is 14.8 Å². The first-order valence-electron chi connectivity index (χ1n) is 2.12. The van der Waals surface area contributed by atoms with E-state index >= 15 is 0 Å². The van der Waals surface area contributed by atoms with Crippen LogP contribution in [0.5, 0.6) is 0 Å². The molecule has 3 N–H and O–H groups in total. The molecule has 0 heterocycles. The minimum absolute atomic E-state index is 1.06.